The highest BCUT2D eigenvalue weighted by molar-refractivity contribution is 7.47. The number of ether oxygens (including phenoxy) is 2. The molecule has 1 N–H and O–H groups in total. The van der Waals surface area contributed by atoms with Crippen LogP contribution in [-0.2, 0) is 32.7 Å². The summed E-state index contributed by atoms with van der Waals surface area (Å²) in [6.07, 6.45) is 102. The number of hydrogen-bond donors (Lipinski definition) is 1. The minimum atomic E-state index is -4.40. The van der Waals surface area contributed by atoms with Crippen LogP contribution < -0.4 is 0 Å². The smallest absolute Gasteiger partial charge is 0.462 e. The predicted molar refractivity (Wildman–Crippen MR) is 390 cm³/mol. The molecule has 0 heterocycles. The quantitative estimate of drug-likeness (QED) is 0.0211. The van der Waals surface area contributed by atoms with Crippen LogP contribution >= 0.6 is 7.82 Å². The van der Waals surface area contributed by atoms with Gasteiger partial charge in [0.2, 0.25) is 0 Å². The van der Waals surface area contributed by atoms with Crippen LogP contribution in [0, 0.1) is 0 Å². The number of unbranched alkanes of at least 4 members (excludes halogenated alkanes) is 28. The highest BCUT2D eigenvalue weighted by Gasteiger charge is 2.27. The molecular formula is C80H137NO8P+. The van der Waals surface area contributed by atoms with Crippen molar-refractivity contribution in [2.75, 3.05) is 47.5 Å². The van der Waals surface area contributed by atoms with Crippen LogP contribution in [0.1, 0.15) is 296 Å². The summed E-state index contributed by atoms with van der Waals surface area (Å²) in [5.74, 6) is -0.801. The molecule has 0 aliphatic rings. The molecule has 0 saturated carbocycles. The molecule has 0 saturated heterocycles. The molecule has 0 rings (SSSR count). The van der Waals surface area contributed by atoms with Gasteiger partial charge in [0.1, 0.15) is 19.8 Å². The lowest BCUT2D eigenvalue weighted by Gasteiger charge is -2.24. The summed E-state index contributed by atoms with van der Waals surface area (Å²) in [5.41, 5.74) is 0. The second kappa shape index (κ2) is 69.2. The predicted octanol–water partition coefficient (Wildman–Crippen LogP) is 24.2. The van der Waals surface area contributed by atoms with E-state index in [1.807, 2.05) is 21.1 Å². The largest absolute Gasteiger partial charge is 0.472 e. The van der Waals surface area contributed by atoms with E-state index in [1.54, 1.807) is 0 Å². The Morgan fingerprint density at radius 3 is 0.889 bits per heavy atom. The fourth-order valence-corrected chi connectivity index (χ4v) is 10.6. The Kier molecular flexibility index (Phi) is 66.1. The maximum Gasteiger partial charge on any atom is 0.472 e. The minimum absolute atomic E-state index is 0.0254. The lowest BCUT2D eigenvalue weighted by atomic mass is 10.0. The summed E-state index contributed by atoms with van der Waals surface area (Å²) in [7, 11) is 1.47. The third kappa shape index (κ3) is 72.9. The Balaban J connectivity index is 4.07. The minimum Gasteiger partial charge on any atom is -0.462 e. The number of likely N-dealkylation sites (N-methyl/N-ethyl adjacent to an activating group) is 1. The van der Waals surface area contributed by atoms with E-state index in [4.69, 9.17) is 18.5 Å². The first-order chi connectivity index (χ1) is 44.0. The molecule has 90 heavy (non-hydrogen) atoms. The number of carbonyl (C=O) groups excluding carboxylic acids is 2. The zero-order chi connectivity index (χ0) is 65.5. The average molecular weight is 1270 g/mol. The van der Waals surface area contributed by atoms with Crippen molar-refractivity contribution in [1.82, 2.24) is 0 Å². The van der Waals surface area contributed by atoms with Crippen LogP contribution in [-0.4, -0.2) is 74.9 Å². The van der Waals surface area contributed by atoms with Crippen LogP contribution in [0.2, 0.25) is 0 Å². The Hall–Kier alpha value is -4.11. The number of quaternary nitrogens is 1. The van der Waals surface area contributed by atoms with Gasteiger partial charge in [-0.1, -0.05) is 314 Å². The molecule has 514 valence electrons. The van der Waals surface area contributed by atoms with E-state index in [0.29, 0.717) is 17.4 Å². The second-order valence-corrected chi connectivity index (χ2v) is 26.7. The molecule has 0 radical (unpaired) electrons. The Morgan fingerprint density at radius 1 is 0.344 bits per heavy atom. The normalized spacial score (nSPS) is 14.0. The highest BCUT2D eigenvalue weighted by atomic mass is 31.2. The van der Waals surface area contributed by atoms with Crippen molar-refractivity contribution in [2.24, 2.45) is 0 Å². The van der Waals surface area contributed by atoms with E-state index < -0.39 is 26.5 Å². The molecular weight excluding hydrogens is 1130 g/mol. The van der Waals surface area contributed by atoms with Crippen molar-refractivity contribution in [3.8, 4) is 0 Å². The zero-order valence-corrected chi connectivity index (χ0v) is 59.5. The van der Waals surface area contributed by atoms with Gasteiger partial charge in [0.15, 0.2) is 6.10 Å². The molecule has 10 heteroatoms. The first-order valence-electron chi connectivity index (χ1n) is 36.6. The van der Waals surface area contributed by atoms with E-state index in [9.17, 15) is 19.0 Å². The summed E-state index contributed by atoms with van der Waals surface area (Å²) in [6, 6.07) is 0. The number of phosphoric acid groups is 1. The third-order valence-corrected chi connectivity index (χ3v) is 16.3. The van der Waals surface area contributed by atoms with Crippen molar-refractivity contribution >= 4 is 19.8 Å². The summed E-state index contributed by atoms with van der Waals surface area (Å²) >= 11 is 0. The molecule has 0 aromatic carbocycles. The Morgan fingerprint density at radius 2 is 0.600 bits per heavy atom. The van der Waals surface area contributed by atoms with Gasteiger partial charge in [0, 0.05) is 12.8 Å². The van der Waals surface area contributed by atoms with E-state index in [2.05, 4.69) is 160 Å². The van der Waals surface area contributed by atoms with Gasteiger partial charge in [0.25, 0.3) is 0 Å². The molecule has 0 aromatic heterocycles. The van der Waals surface area contributed by atoms with Crippen molar-refractivity contribution in [3.05, 3.63) is 146 Å². The second-order valence-electron chi connectivity index (χ2n) is 25.2. The van der Waals surface area contributed by atoms with E-state index in [-0.39, 0.29) is 32.0 Å². The number of carbonyl (C=O) groups is 2. The van der Waals surface area contributed by atoms with Crippen molar-refractivity contribution in [2.45, 2.75) is 302 Å². The summed E-state index contributed by atoms with van der Waals surface area (Å²) in [6.45, 7) is 4.22. The van der Waals surface area contributed by atoms with E-state index in [0.717, 1.165) is 122 Å². The Bertz CT molecular complexity index is 2030. The molecule has 2 atom stereocenters. The van der Waals surface area contributed by atoms with Gasteiger partial charge in [-0.2, -0.15) is 0 Å². The zero-order valence-electron chi connectivity index (χ0n) is 58.6. The highest BCUT2D eigenvalue weighted by Crippen LogP contribution is 2.43. The lowest BCUT2D eigenvalue weighted by molar-refractivity contribution is -0.870. The fourth-order valence-electron chi connectivity index (χ4n) is 9.85. The monoisotopic (exact) mass is 1270 g/mol. The summed E-state index contributed by atoms with van der Waals surface area (Å²) < 4.78 is 34.8. The summed E-state index contributed by atoms with van der Waals surface area (Å²) in [5, 5.41) is 0. The number of hydrogen-bond acceptors (Lipinski definition) is 7. The third-order valence-electron chi connectivity index (χ3n) is 15.4. The topological polar surface area (TPSA) is 108 Å². The van der Waals surface area contributed by atoms with E-state index in [1.165, 1.54) is 141 Å². The van der Waals surface area contributed by atoms with Gasteiger partial charge in [-0.25, -0.2) is 4.57 Å². The van der Waals surface area contributed by atoms with Gasteiger partial charge in [-0.3, -0.25) is 18.6 Å². The fraction of sp³-hybridized carbons (Fsp3) is 0.675. The number of esters is 2. The molecule has 0 aliphatic heterocycles. The van der Waals surface area contributed by atoms with Crippen LogP contribution in [0.5, 0.6) is 0 Å². The molecule has 0 aromatic rings. The molecule has 2 unspecified atom stereocenters. The maximum atomic E-state index is 12.9. The van der Waals surface area contributed by atoms with Crippen LogP contribution in [0.3, 0.4) is 0 Å². The van der Waals surface area contributed by atoms with Gasteiger partial charge in [0.05, 0.1) is 27.7 Å². The lowest BCUT2D eigenvalue weighted by Crippen LogP contribution is -2.37. The van der Waals surface area contributed by atoms with Gasteiger partial charge in [-0.05, 0) is 116 Å². The van der Waals surface area contributed by atoms with Crippen molar-refractivity contribution in [1.29, 1.82) is 0 Å². The molecule has 9 nitrogen and oxygen atoms in total. The first-order valence-corrected chi connectivity index (χ1v) is 38.1. The summed E-state index contributed by atoms with van der Waals surface area (Å²) in [4.78, 5) is 35.9. The standard InChI is InChI=1S/C80H136NO8P/c1-6-8-10-12-14-16-18-20-22-24-26-28-30-32-34-36-38-39-40-41-43-45-47-49-51-53-55-57-59-61-63-65-67-69-71-73-80(83)89-78(77-88-90(84,85)87-75-74-81(3,4)5)76-86-79(82)72-70-68-66-64-62-60-58-56-54-52-50-48-46-44-42-37-35-33-31-29-27-25-23-21-19-17-15-13-11-9-7-2/h8-11,14-17,20-23,26-29,32,34,38-39,41,43,47,49,78H,6-7,12-13,18-19,24-25,30-31,33,35-37,40,42,44-46,48,50-77H2,1-5H3/p+1/b10-8-,11-9-,16-14-,17-15-,22-20-,23-21-,28-26-,29-27-,34-32-,39-38-,43-41-,49-47-. The van der Waals surface area contributed by atoms with Crippen LogP contribution in [0.25, 0.3) is 0 Å². The number of phosphoric ester groups is 1. The van der Waals surface area contributed by atoms with E-state index >= 15 is 0 Å². The van der Waals surface area contributed by atoms with Gasteiger partial charge >= 0.3 is 19.8 Å². The van der Waals surface area contributed by atoms with Gasteiger partial charge in [-0.15, -0.1) is 0 Å². The first kappa shape index (κ1) is 85.9. The molecule has 0 fully saturated rings. The van der Waals surface area contributed by atoms with Crippen molar-refractivity contribution < 1.29 is 42.1 Å². The Labute approximate surface area is 554 Å². The molecule has 0 aliphatic carbocycles. The van der Waals surface area contributed by atoms with Gasteiger partial charge < -0.3 is 18.9 Å². The SMILES string of the molecule is CC/C=C\C/C=C\C/C=C\C/C=C\C/C=C\C/C=C\C/C=C\C/C=C\CCCCCCCCCCCCC(=O)OC(COC(=O)CCCCCCCCCCCCCCCCCCCC/C=C\C/C=C\C/C=C\C/C=C\CC)COP(=O)(O)OCC[N+](C)(C)C. The molecule has 0 bridgehead atoms. The average Bonchev–Trinajstić information content (AvgIpc) is 3.61. The number of nitrogens with zero attached hydrogens (tertiary/aromatic N) is 1. The number of allylic oxidation sites excluding steroid dienone is 24. The van der Waals surface area contributed by atoms with Crippen molar-refractivity contribution in [3.63, 3.8) is 0 Å². The van der Waals surface area contributed by atoms with Crippen LogP contribution in [0.15, 0.2) is 146 Å². The number of rotatable bonds is 66. The molecule has 0 amide bonds. The van der Waals surface area contributed by atoms with Crippen LogP contribution in [0.4, 0.5) is 0 Å². The molecule has 0 spiro atoms. The maximum absolute atomic E-state index is 12.9.